The highest BCUT2D eigenvalue weighted by atomic mass is 16.5. The Morgan fingerprint density at radius 2 is 1.83 bits per heavy atom. The van der Waals surface area contributed by atoms with Crippen LogP contribution in [0.3, 0.4) is 0 Å². The Labute approximate surface area is 166 Å². The number of imidazole rings is 1. The summed E-state index contributed by atoms with van der Waals surface area (Å²) < 4.78 is 7.26. The average molecular weight is 385 g/mol. The van der Waals surface area contributed by atoms with Crippen molar-refractivity contribution in [3.8, 4) is 28.1 Å². The largest absolute Gasteiger partial charge is 0.361 e. The molecule has 144 valence electrons. The van der Waals surface area contributed by atoms with Gasteiger partial charge in [0, 0.05) is 11.1 Å². The molecular formula is C22H19N5O2. The van der Waals surface area contributed by atoms with Crippen molar-refractivity contribution < 1.29 is 4.52 Å². The quantitative estimate of drug-likeness (QED) is 0.485. The molecule has 0 spiro atoms. The van der Waals surface area contributed by atoms with Crippen LogP contribution >= 0.6 is 0 Å². The fourth-order valence-electron chi connectivity index (χ4n) is 3.89. The van der Waals surface area contributed by atoms with Gasteiger partial charge in [-0.1, -0.05) is 23.4 Å². The molecule has 5 rings (SSSR count). The van der Waals surface area contributed by atoms with Crippen LogP contribution < -0.4 is 5.69 Å². The van der Waals surface area contributed by atoms with E-state index in [0.29, 0.717) is 0 Å². The lowest BCUT2D eigenvalue weighted by molar-refractivity contribution is 0.393. The molecular weight excluding hydrogens is 366 g/mol. The zero-order valence-electron chi connectivity index (χ0n) is 16.3. The topological polar surface area (TPSA) is 92.5 Å². The highest BCUT2D eigenvalue weighted by Crippen LogP contribution is 2.36. The summed E-state index contributed by atoms with van der Waals surface area (Å²) in [5, 5.41) is 8.67. The van der Waals surface area contributed by atoms with E-state index in [1.807, 2.05) is 68.0 Å². The predicted molar refractivity (Wildman–Crippen MR) is 111 cm³/mol. The molecule has 0 aliphatic heterocycles. The van der Waals surface area contributed by atoms with Gasteiger partial charge in [-0.3, -0.25) is 0 Å². The third-order valence-electron chi connectivity index (χ3n) is 5.16. The lowest BCUT2D eigenvalue weighted by Gasteiger charge is -2.12. The summed E-state index contributed by atoms with van der Waals surface area (Å²) in [6, 6.07) is 13.9. The van der Waals surface area contributed by atoms with Crippen molar-refractivity contribution in [2.75, 3.05) is 0 Å². The maximum atomic E-state index is 12.1. The van der Waals surface area contributed by atoms with Crippen LogP contribution in [0.2, 0.25) is 0 Å². The lowest BCUT2D eigenvalue weighted by atomic mass is 9.97. The molecule has 2 N–H and O–H groups in total. The van der Waals surface area contributed by atoms with Crippen LogP contribution in [0.1, 0.15) is 17.0 Å². The van der Waals surface area contributed by atoms with Gasteiger partial charge in [0.25, 0.3) is 0 Å². The summed E-state index contributed by atoms with van der Waals surface area (Å²) in [5.41, 5.74) is 7.64. The first kappa shape index (κ1) is 17.2. The van der Waals surface area contributed by atoms with E-state index in [1.165, 1.54) is 0 Å². The molecule has 0 unspecified atom stereocenters. The van der Waals surface area contributed by atoms with E-state index < -0.39 is 0 Å². The Hall–Kier alpha value is -3.87. The van der Waals surface area contributed by atoms with Crippen LogP contribution in [0.25, 0.3) is 39.1 Å². The molecule has 0 fully saturated rings. The van der Waals surface area contributed by atoms with Crippen LogP contribution in [0.5, 0.6) is 0 Å². The molecule has 0 saturated heterocycles. The molecule has 0 saturated carbocycles. The van der Waals surface area contributed by atoms with E-state index in [9.17, 15) is 4.79 Å². The van der Waals surface area contributed by atoms with Gasteiger partial charge in [-0.25, -0.2) is 9.48 Å². The van der Waals surface area contributed by atoms with Crippen molar-refractivity contribution in [1.82, 2.24) is 24.9 Å². The first-order valence-corrected chi connectivity index (χ1v) is 9.32. The first-order chi connectivity index (χ1) is 14.0. The summed E-state index contributed by atoms with van der Waals surface area (Å²) in [5.74, 6) is 0.735. The molecule has 29 heavy (non-hydrogen) atoms. The molecule has 0 atom stereocenters. The molecule has 0 aliphatic rings. The van der Waals surface area contributed by atoms with Gasteiger partial charge in [-0.15, -0.1) is 0 Å². The molecule has 7 nitrogen and oxygen atoms in total. The number of hydrogen-bond donors (Lipinski definition) is 2. The smallest absolute Gasteiger partial charge is 0.323 e. The van der Waals surface area contributed by atoms with E-state index in [-0.39, 0.29) is 5.69 Å². The fraction of sp³-hybridized carbons (Fsp3) is 0.136. The van der Waals surface area contributed by atoms with Crippen LogP contribution in [-0.4, -0.2) is 24.9 Å². The molecule has 3 aromatic heterocycles. The Bertz CT molecular complexity index is 1380. The molecule has 0 amide bonds. The number of nitrogens with zero attached hydrogens (tertiary/aromatic N) is 3. The summed E-state index contributed by atoms with van der Waals surface area (Å²) in [6.45, 7) is 5.81. The standard InChI is InChI=1S/C22H19N5O2/c1-12-11-23-27(16-7-5-4-6-8-16)21(12)17-9-15(19-13(2)26-29-14(19)3)10-18-20(17)25-22(28)24-18/h4-11H,1-3H3,(H2,24,25,28). The third kappa shape index (κ3) is 2.70. The lowest BCUT2D eigenvalue weighted by Crippen LogP contribution is -2.01. The number of fused-ring (bicyclic) bond motifs is 1. The predicted octanol–water partition coefficient (Wildman–Crippen LogP) is 4.29. The first-order valence-electron chi connectivity index (χ1n) is 9.32. The third-order valence-corrected chi connectivity index (χ3v) is 5.16. The van der Waals surface area contributed by atoms with Gasteiger partial charge < -0.3 is 14.5 Å². The van der Waals surface area contributed by atoms with Gasteiger partial charge >= 0.3 is 5.69 Å². The molecule has 5 aromatic rings. The number of hydrogen-bond acceptors (Lipinski definition) is 4. The molecule has 0 bridgehead atoms. The number of aromatic nitrogens is 5. The number of rotatable bonds is 3. The minimum Gasteiger partial charge on any atom is -0.361 e. The monoisotopic (exact) mass is 385 g/mol. The molecule has 7 heteroatoms. The van der Waals surface area contributed by atoms with Gasteiger partial charge in [0.2, 0.25) is 0 Å². The van der Waals surface area contributed by atoms with Crippen LogP contribution in [-0.2, 0) is 0 Å². The number of para-hydroxylation sites is 1. The highest BCUT2D eigenvalue weighted by molar-refractivity contribution is 5.96. The second kappa shape index (κ2) is 6.34. The average Bonchev–Trinajstić information content (AvgIpc) is 3.38. The van der Waals surface area contributed by atoms with Gasteiger partial charge in [0.1, 0.15) is 5.76 Å². The number of aromatic amines is 2. The zero-order valence-corrected chi connectivity index (χ0v) is 16.3. The van der Waals surface area contributed by atoms with Crippen molar-refractivity contribution in [2.24, 2.45) is 0 Å². The zero-order chi connectivity index (χ0) is 20.1. The minimum atomic E-state index is -0.249. The normalized spacial score (nSPS) is 11.4. The van der Waals surface area contributed by atoms with E-state index in [1.54, 1.807) is 0 Å². The Balaban J connectivity index is 1.85. The van der Waals surface area contributed by atoms with Gasteiger partial charge in [-0.05, 0) is 56.2 Å². The molecule has 0 aliphatic carbocycles. The fourth-order valence-corrected chi connectivity index (χ4v) is 3.89. The van der Waals surface area contributed by atoms with Gasteiger partial charge in [0.15, 0.2) is 0 Å². The number of nitrogens with one attached hydrogen (secondary N) is 2. The Morgan fingerprint density at radius 3 is 2.55 bits per heavy atom. The SMILES string of the molecule is Cc1cnn(-c2ccccc2)c1-c1cc(-c2c(C)noc2C)cc2[nH]c(=O)[nH]c12. The maximum Gasteiger partial charge on any atom is 0.323 e. The minimum absolute atomic E-state index is 0.249. The second-order valence-corrected chi connectivity index (χ2v) is 7.15. The number of aryl methyl sites for hydroxylation is 3. The molecule has 2 aromatic carbocycles. The van der Waals surface area contributed by atoms with Crippen LogP contribution in [0.15, 0.2) is 58.0 Å². The van der Waals surface area contributed by atoms with Gasteiger partial charge in [-0.2, -0.15) is 5.10 Å². The van der Waals surface area contributed by atoms with Crippen molar-refractivity contribution in [3.05, 3.63) is 76.2 Å². The Kier molecular flexibility index (Phi) is 3.77. The van der Waals surface area contributed by atoms with Crippen molar-refractivity contribution in [2.45, 2.75) is 20.8 Å². The van der Waals surface area contributed by atoms with Crippen molar-refractivity contribution in [3.63, 3.8) is 0 Å². The van der Waals surface area contributed by atoms with E-state index in [2.05, 4.69) is 26.3 Å². The molecule has 3 heterocycles. The highest BCUT2D eigenvalue weighted by Gasteiger charge is 2.20. The Morgan fingerprint density at radius 1 is 1.03 bits per heavy atom. The van der Waals surface area contributed by atoms with E-state index in [4.69, 9.17) is 4.52 Å². The summed E-state index contributed by atoms with van der Waals surface area (Å²) >= 11 is 0. The number of benzene rings is 2. The van der Waals surface area contributed by atoms with Crippen LogP contribution in [0.4, 0.5) is 0 Å². The van der Waals surface area contributed by atoms with Gasteiger partial charge in [0.05, 0.1) is 34.3 Å². The second-order valence-electron chi connectivity index (χ2n) is 7.15. The summed E-state index contributed by atoms with van der Waals surface area (Å²) in [7, 11) is 0. The van der Waals surface area contributed by atoms with E-state index >= 15 is 0 Å². The molecule has 0 radical (unpaired) electrons. The summed E-state index contributed by atoms with van der Waals surface area (Å²) in [6.07, 6.45) is 1.83. The number of H-pyrrole nitrogens is 2. The van der Waals surface area contributed by atoms with Crippen LogP contribution in [0, 0.1) is 20.8 Å². The van der Waals surface area contributed by atoms with E-state index in [0.717, 1.165) is 56.1 Å². The summed E-state index contributed by atoms with van der Waals surface area (Å²) in [4.78, 5) is 17.9. The maximum absolute atomic E-state index is 12.1. The van der Waals surface area contributed by atoms with Crippen molar-refractivity contribution in [1.29, 1.82) is 0 Å². The van der Waals surface area contributed by atoms with Crippen molar-refractivity contribution >= 4 is 11.0 Å².